The van der Waals surface area contributed by atoms with E-state index in [1.165, 1.54) is 18.9 Å². The Morgan fingerprint density at radius 2 is 1.88 bits per heavy atom. The minimum atomic E-state index is -1.06. The molecule has 5 rings (SSSR count). The number of aromatic nitrogens is 3. The van der Waals surface area contributed by atoms with Gasteiger partial charge in [-0.25, -0.2) is 9.97 Å². The normalized spacial score (nSPS) is 16.5. The molecule has 1 aromatic carbocycles. The average molecular weight is 575 g/mol. The second-order valence-electron chi connectivity index (χ2n) is 9.72. The van der Waals surface area contributed by atoms with E-state index >= 15 is 0 Å². The predicted octanol–water partition coefficient (Wildman–Crippen LogP) is 5.42. The topological polar surface area (TPSA) is 123 Å². The molecule has 212 valence electrons. The van der Waals surface area contributed by atoms with Crippen molar-refractivity contribution in [3.8, 4) is 11.5 Å². The number of benzene rings is 1. The first-order valence-corrected chi connectivity index (χ1v) is 14.0. The lowest BCUT2D eigenvalue weighted by Crippen LogP contribution is -2.29. The van der Waals surface area contributed by atoms with E-state index in [-0.39, 0.29) is 22.2 Å². The maximum absolute atomic E-state index is 13.7. The Hall–Kier alpha value is -4.51. The molecule has 1 N–H and O–H groups in total. The molecule has 1 unspecified atom stereocenters. The molecule has 41 heavy (non-hydrogen) atoms. The summed E-state index contributed by atoms with van der Waals surface area (Å²) >= 11 is 1.03. The summed E-state index contributed by atoms with van der Waals surface area (Å²) in [7, 11) is 1.51. The summed E-state index contributed by atoms with van der Waals surface area (Å²) in [6.45, 7) is 7.39. The number of ketones is 2. The number of methoxy groups -OCH3 is 1. The van der Waals surface area contributed by atoms with Crippen LogP contribution in [0.3, 0.4) is 0 Å². The zero-order chi connectivity index (χ0) is 29.4. The summed E-state index contributed by atoms with van der Waals surface area (Å²) in [6, 6.07) is 9.46. The van der Waals surface area contributed by atoms with Crippen LogP contribution in [0.2, 0.25) is 0 Å². The van der Waals surface area contributed by atoms with Crippen molar-refractivity contribution in [1.29, 1.82) is 0 Å². The van der Waals surface area contributed by atoms with Crippen LogP contribution in [-0.2, 0) is 9.59 Å². The van der Waals surface area contributed by atoms with Crippen molar-refractivity contribution < 1.29 is 29.0 Å². The van der Waals surface area contributed by atoms with Gasteiger partial charge in [-0.05, 0) is 50.1 Å². The van der Waals surface area contributed by atoms with Gasteiger partial charge in [0, 0.05) is 13.1 Å². The van der Waals surface area contributed by atoms with Crippen LogP contribution in [0.1, 0.15) is 65.0 Å². The predicted molar refractivity (Wildman–Crippen MR) is 155 cm³/mol. The minimum Gasteiger partial charge on any atom is -0.505 e. The van der Waals surface area contributed by atoms with Crippen LogP contribution in [-0.4, -0.2) is 50.7 Å². The van der Waals surface area contributed by atoms with Gasteiger partial charge in [0.1, 0.15) is 11.3 Å². The molecule has 11 heteroatoms. The van der Waals surface area contributed by atoms with E-state index in [0.29, 0.717) is 51.3 Å². The summed E-state index contributed by atoms with van der Waals surface area (Å²) in [4.78, 5) is 50.2. The number of pyridine rings is 1. The Balaban J connectivity index is 1.74. The van der Waals surface area contributed by atoms with Gasteiger partial charge in [-0.15, -0.1) is 0 Å². The fraction of sp³-hybridized carbons (Fsp3) is 0.300. The zero-order valence-electron chi connectivity index (χ0n) is 23.4. The Morgan fingerprint density at radius 3 is 2.56 bits per heavy atom. The molecule has 1 amide bonds. The number of carbonyl (C=O) groups is 3. The van der Waals surface area contributed by atoms with E-state index < -0.39 is 17.7 Å². The van der Waals surface area contributed by atoms with Crippen LogP contribution in [0.5, 0.6) is 11.5 Å². The summed E-state index contributed by atoms with van der Waals surface area (Å²) in [5.41, 5.74) is 2.19. The third-order valence-electron chi connectivity index (χ3n) is 6.94. The molecule has 1 aliphatic rings. The van der Waals surface area contributed by atoms with Crippen molar-refractivity contribution in [3.05, 3.63) is 75.7 Å². The van der Waals surface area contributed by atoms with E-state index in [1.54, 1.807) is 54.8 Å². The SMILES string of the molecule is CCCCOc1ccc(C2C(=C(O)c3c(C)nc4ccccn34)C(=O)C(=O)N2c2nc(C)c(C(C)=O)s2)cc1OC. The van der Waals surface area contributed by atoms with Gasteiger partial charge < -0.3 is 14.6 Å². The standard InChI is InChI=1S/C30H30N4O6S/c1-6-7-14-40-20-12-11-19(15-21(20)39-5)25-23(26(36)24-16(2)31-22-10-8-9-13-33(22)24)27(37)29(38)34(25)30-32-17(3)28(41-30)18(4)35/h8-13,15,25,36H,6-7,14H2,1-5H3. The van der Waals surface area contributed by atoms with Crippen LogP contribution in [0, 0.1) is 13.8 Å². The van der Waals surface area contributed by atoms with Gasteiger partial charge in [0.05, 0.1) is 41.6 Å². The molecule has 1 saturated heterocycles. The Bertz CT molecular complexity index is 1720. The molecule has 0 spiro atoms. The third-order valence-corrected chi connectivity index (χ3v) is 8.20. The zero-order valence-corrected chi connectivity index (χ0v) is 24.2. The average Bonchev–Trinajstić information content (AvgIpc) is 3.58. The van der Waals surface area contributed by atoms with Crippen LogP contribution >= 0.6 is 11.3 Å². The summed E-state index contributed by atoms with van der Waals surface area (Å²) < 4.78 is 13.2. The van der Waals surface area contributed by atoms with Gasteiger partial charge in [0.15, 0.2) is 28.2 Å². The smallest absolute Gasteiger partial charge is 0.301 e. The monoisotopic (exact) mass is 574 g/mol. The number of hydrogen-bond acceptors (Lipinski definition) is 9. The summed E-state index contributed by atoms with van der Waals surface area (Å²) in [5, 5.41) is 11.9. The highest BCUT2D eigenvalue weighted by Gasteiger charge is 2.49. The van der Waals surface area contributed by atoms with Gasteiger partial charge >= 0.3 is 5.91 Å². The highest BCUT2D eigenvalue weighted by atomic mass is 32.1. The number of aryl methyl sites for hydroxylation is 2. The number of amides is 1. The Kier molecular flexibility index (Phi) is 7.63. The molecule has 1 aliphatic heterocycles. The van der Waals surface area contributed by atoms with Crippen LogP contribution < -0.4 is 14.4 Å². The molecule has 0 saturated carbocycles. The molecular formula is C30H30N4O6S. The number of rotatable bonds is 9. The van der Waals surface area contributed by atoms with Crippen molar-refractivity contribution in [1.82, 2.24) is 14.4 Å². The number of nitrogens with zero attached hydrogens (tertiary/aromatic N) is 4. The molecule has 10 nitrogen and oxygen atoms in total. The van der Waals surface area contributed by atoms with Crippen LogP contribution in [0.4, 0.5) is 5.13 Å². The van der Waals surface area contributed by atoms with Crippen molar-refractivity contribution in [2.75, 3.05) is 18.6 Å². The molecular weight excluding hydrogens is 544 g/mol. The summed E-state index contributed by atoms with van der Waals surface area (Å²) in [6.07, 6.45) is 3.56. The number of imidazole rings is 1. The highest BCUT2D eigenvalue weighted by Crippen LogP contribution is 2.45. The second kappa shape index (κ2) is 11.2. The van der Waals surface area contributed by atoms with Gasteiger partial charge in [0.2, 0.25) is 0 Å². The lowest BCUT2D eigenvalue weighted by Gasteiger charge is -2.24. The molecule has 4 heterocycles. The molecule has 3 aromatic heterocycles. The van der Waals surface area contributed by atoms with Gasteiger partial charge in [0.25, 0.3) is 5.78 Å². The van der Waals surface area contributed by atoms with Crippen LogP contribution in [0.15, 0.2) is 48.2 Å². The first-order chi connectivity index (χ1) is 19.7. The maximum atomic E-state index is 13.7. The number of aliphatic hydroxyl groups excluding tert-OH is 1. The Labute approximate surface area is 240 Å². The third kappa shape index (κ3) is 4.86. The highest BCUT2D eigenvalue weighted by molar-refractivity contribution is 7.18. The molecule has 0 radical (unpaired) electrons. The number of thiazole rings is 1. The number of carbonyl (C=O) groups excluding carboxylic acids is 3. The van der Waals surface area contributed by atoms with Crippen molar-refractivity contribution in [3.63, 3.8) is 0 Å². The second-order valence-corrected chi connectivity index (χ2v) is 10.7. The molecule has 4 aromatic rings. The number of anilines is 1. The fourth-order valence-electron chi connectivity index (χ4n) is 4.98. The number of aliphatic hydroxyl groups is 1. The first-order valence-electron chi connectivity index (χ1n) is 13.2. The van der Waals surface area contributed by atoms with Gasteiger partial charge in [-0.1, -0.05) is 36.8 Å². The number of Topliss-reactive ketones (excluding diaryl/α,β-unsaturated/α-hetero) is 2. The molecule has 1 fully saturated rings. The number of hydrogen-bond donors (Lipinski definition) is 1. The van der Waals surface area contributed by atoms with E-state index in [4.69, 9.17) is 9.47 Å². The van der Waals surface area contributed by atoms with Crippen molar-refractivity contribution >= 4 is 45.3 Å². The van der Waals surface area contributed by atoms with E-state index in [0.717, 1.165) is 24.2 Å². The quantitative estimate of drug-likeness (QED) is 0.0924. The lowest BCUT2D eigenvalue weighted by atomic mass is 9.96. The minimum absolute atomic E-state index is 0.123. The van der Waals surface area contributed by atoms with Gasteiger partial charge in [-0.3, -0.25) is 23.7 Å². The van der Waals surface area contributed by atoms with Crippen molar-refractivity contribution in [2.24, 2.45) is 0 Å². The van der Waals surface area contributed by atoms with E-state index in [9.17, 15) is 19.5 Å². The molecule has 0 bridgehead atoms. The maximum Gasteiger partial charge on any atom is 0.301 e. The fourth-order valence-corrected chi connectivity index (χ4v) is 5.97. The van der Waals surface area contributed by atoms with E-state index in [2.05, 4.69) is 16.9 Å². The number of unbranched alkanes of at least 4 members (excludes halogenated alkanes) is 1. The number of fused-ring (bicyclic) bond motifs is 1. The molecule has 1 atom stereocenters. The van der Waals surface area contributed by atoms with Crippen LogP contribution in [0.25, 0.3) is 11.4 Å². The van der Waals surface area contributed by atoms with E-state index in [1.807, 2.05) is 6.07 Å². The Morgan fingerprint density at radius 1 is 1.10 bits per heavy atom. The lowest BCUT2D eigenvalue weighted by molar-refractivity contribution is -0.132. The number of ether oxygens (including phenoxy) is 2. The largest absolute Gasteiger partial charge is 0.505 e. The molecule has 0 aliphatic carbocycles. The summed E-state index contributed by atoms with van der Waals surface area (Å²) in [5.74, 6) is -1.38. The van der Waals surface area contributed by atoms with Gasteiger partial charge in [-0.2, -0.15) is 0 Å². The van der Waals surface area contributed by atoms with Crippen molar-refractivity contribution in [2.45, 2.75) is 46.6 Å². The first kappa shape index (κ1) is 28.0.